The van der Waals surface area contributed by atoms with Crippen molar-refractivity contribution in [1.29, 1.82) is 5.26 Å². The van der Waals surface area contributed by atoms with Gasteiger partial charge in [-0.2, -0.15) is 10.4 Å². The number of hydrogen-bond donors (Lipinski definition) is 2. The van der Waals surface area contributed by atoms with Gasteiger partial charge in [-0.3, -0.25) is 4.79 Å². The molecule has 41 heavy (non-hydrogen) atoms. The molecule has 5 rings (SSSR count). The van der Waals surface area contributed by atoms with E-state index < -0.39 is 17.1 Å². The fourth-order valence-electron chi connectivity index (χ4n) is 4.90. The molecule has 1 aliphatic rings. The largest absolute Gasteiger partial charge is 0.457 e. The highest BCUT2D eigenvalue weighted by Gasteiger charge is 2.31. The van der Waals surface area contributed by atoms with Gasteiger partial charge in [0.1, 0.15) is 46.8 Å². The third kappa shape index (κ3) is 5.73. The topological polar surface area (TPSA) is 143 Å². The Labute approximate surface area is 236 Å². The number of nitriles is 1. The zero-order valence-electron chi connectivity index (χ0n) is 22.8. The molecule has 1 amide bonds. The highest BCUT2D eigenvalue weighted by molar-refractivity contribution is 5.99. The molecule has 1 fully saturated rings. The lowest BCUT2D eigenvalue weighted by molar-refractivity contribution is -0.128. The van der Waals surface area contributed by atoms with E-state index in [0.717, 1.165) is 0 Å². The van der Waals surface area contributed by atoms with Gasteiger partial charge in [-0.05, 0) is 37.1 Å². The number of halogens is 1. The molecule has 0 radical (unpaired) electrons. The molecule has 2 aromatic carbocycles. The normalized spacial score (nSPS) is 16.0. The van der Waals surface area contributed by atoms with Gasteiger partial charge in [0.25, 0.3) is 5.91 Å². The number of aromatic nitrogens is 4. The number of ether oxygens (including phenoxy) is 1. The average molecular weight is 556 g/mol. The second kappa shape index (κ2) is 11.3. The summed E-state index contributed by atoms with van der Waals surface area (Å²) in [4.78, 5) is 23.4. The number of anilines is 1. The lowest BCUT2D eigenvalue weighted by Gasteiger charge is -2.33. The number of amides is 1. The number of aliphatic hydroxyl groups is 1. The number of rotatable bonds is 7. The lowest BCUT2D eigenvalue weighted by Crippen LogP contribution is -2.41. The van der Waals surface area contributed by atoms with Crippen LogP contribution in [0.4, 0.5) is 10.2 Å². The number of carbonyl (C=O) groups excluding carboxylic acids is 1. The van der Waals surface area contributed by atoms with Gasteiger partial charge in [-0.1, -0.05) is 38.1 Å². The molecule has 0 spiro atoms. The minimum Gasteiger partial charge on any atom is -0.457 e. The summed E-state index contributed by atoms with van der Waals surface area (Å²) in [7, 11) is 0. The molecule has 3 heterocycles. The van der Waals surface area contributed by atoms with Crippen LogP contribution in [0.3, 0.4) is 0 Å². The second-order valence-corrected chi connectivity index (χ2v) is 10.7. The molecule has 1 saturated heterocycles. The van der Waals surface area contributed by atoms with E-state index in [1.807, 2.05) is 24.3 Å². The molecule has 0 aliphatic carbocycles. The Kier molecular flexibility index (Phi) is 7.68. The van der Waals surface area contributed by atoms with Crippen LogP contribution < -0.4 is 10.5 Å². The fourth-order valence-corrected chi connectivity index (χ4v) is 4.90. The molecule has 2 aromatic heterocycles. The predicted molar refractivity (Wildman–Crippen MR) is 151 cm³/mol. The van der Waals surface area contributed by atoms with Crippen molar-refractivity contribution >= 4 is 22.8 Å². The summed E-state index contributed by atoms with van der Waals surface area (Å²) in [5.41, 5.74) is 6.42. The summed E-state index contributed by atoms with van der Waals surface area (Å²) in [6, 6.07) is 15.3. The molecule has 1 aliphatic heterocycles. The summed E-state index contributed by atoms with van der Waals surface area (Å²) in [5.74, 6) is 0.105. The number of nitrogen functional groups attached to an aromatic ring is 1. The van der Waals surface area contributed by atoms with E-state index in [1.54, 1.807) is 47.7 Å². The fraction of sp³-hybridized carbons (Fsp3) is 0.300. The maximum absolute atomic E-state index is 15.5. The van der Waals surface area contributed by atoms with Crippen molar-refractivity contribution in [3.63, 3.8) is 0 Å². The van der Waals surface area contributed by atoms with Crippen molar-refractivity contribution in [2.75, 3.05) is 25.4 Å². The van der Waals surface area contributed by atoms with Crippen molar-refractivity contribution in [1.82, 2.24) is 24.6 Å². The number of fused-ring (bicyclic) bond motifs is 1. The number of nitrogens with zero attached hydrogens (tertiary/aromatic N) is 6. The molecule has 10 nitrogen and oxygen atoms in total. The first-order chi connectivity index (χ1) is 19.7. The van der Waals surface area contributed by atoms with Crippen molar-refractivity contribution in [2.45, 2.75) is 32.7 Å². The van der Waals surface area contributed by atoms with Gasteiger partial charge in [-0.25, -0.2) is 19.0 Å². The maximum Gasteiger partial charge on any atom is 0.264 e. The molecule has 1 atom stereocenters. The van der Waals surface area contributed by atoms with Crippen LogP contribution in [0.1, 0.15) is 32.7 Å². The van der Waals surface area contributed by atoms with Crippen molar-refractivity contribution in [3.05, 3.63) is 72.3 Å². The van der Waals surface area contributed by atoms with E-state index in [2.05, 4.69) is 9.97 Å². The van der Waals surface area contributed by atoms with Gasteiger partial charge in [0.05, 0.1) is 18.0 Å². The molecule has 0 bridgehead atoms. The third-order valence-electron chi connectivity index (χ3n) is 7.02. The zero-order chi connectivity index (χ0) is 29.1. The molecule has 4 aromatic rings. The standard InChI is InChI=1S/C30H30FN7O3/c1-30(2,17-39)14-19(15-32)29(40)37-12-6-7-20(16-37)38-28-25(27(33)34-18-35-28)26(36-38)23-11-10-22(13-24(23)31)41-21-8-4-3-5-9-21/h3-5,8-11,13-14,18,20,39H,6-7,12,16-17H2,1-2H3,(H2,33,34,35)/b19-14-/t20-/m1/s1. The van der Waals surface area contributed by atoms with E-state index in [0.29, 0.717) is 41.9 Å². The molecular weight excluding hydrogens is 525 g/mol. The first kappa shape index (κ1) is 27.7. The summed E-state index contributed by atoms with van der Waals surface area (Å²) >= 11 is 0. The minimum absolute atomic E-state index is 0.0258. The number of benzene rings is 2. The average Bonchev–Trinajstić information content (AvgIpc) is 3.37. The monoisotopic (exact) mass is 555 g/mol. The Balaban J connectivity index is 1.48. The lowest BCUT2D eigenvalue weighted by atomic mass is 9.91. The molecule has 3 N–H and O–H groups in total. The Morgan fingerprint density at radius 1 is 1.24 bits per heavy atom. The van der Waals surface area contributed by atoms with Gasteiger partial charge in [-0.15, -0.1) is 0 Å². The van der Waals surface area contributed by atoms with Crippen molar-refractivity contribution in [3.8, 4) is 28.8 Å². The van der Waals surface area contributed by atoms with Crippen LogP contribution in [0.2, 0.25) is 0 Å². The van der Waals surface area contributed by atoms with Gasteiger partial charge in [0.2, 0.25) is 0 Å². The van der Waals surface area contributed by atoms with E-state index in [9.17, 15) is 15.2 Å². The maximum atomic E-state index is 15.5. The Morgan fingerprint density at radius 3 is 2.73 bits per heavy atom. The first-order valence-corrected chi connectivity index (χ1v) is 13.3. The van der Waals surface area contributed by atoms with Gasteiger partial charge < -0.3 is 20.5 Å². The number of para-hydroxylation sites is 1. The second-order valence-electron chi connectivity index (χ2n) is 10.7. The Bertz CT molecular complexity index is 1660. The summed E-state index contributed by atoms with van der Waals surface area (Å²) in [6.45, 7) is 4.03. The Morgan fingerprint density at radius 2 is 2.02 bits per heavy atom. The van der Waals surface area contributed by atoms with Crippen LogP contribution in [0.15, 0.2) is 66.5 Å². The highest BCUT2D eigenvalue weighted by Crippen LogP contribution is 2.36. The number of carbonyl (C=O) groups is 1. The van der Waals surface area contributed by atoms with Gasteiger partial charge in [0.15, 0.2) is 5.65 Å². The van der Waals surface area contributed by atoms with Crippen LogP contribution >= 0.6 is 0 Å². The van der Waals surface area contributed by atoms with E-state index >= 15 is 4.39 Å². The van der Waals surface area contributed by atoms with Crippen LogP contribution in [-0.2, 0) is 4.79 Å². The van der Waals surface area contributed by atoms with E-state index in [4.69, 9.17) is 15.6 Å². The SMILES string of the molecule is CC(C)(/C=C(/C#N)C(=O)N1CCC[C@@H](n2nc(-c3ccc(Oc4ccccc4)cc3F)c3c(N)ncnc32)C1)CO. The van der Waals surface area contributed by atoms with E-state index in [1.165, 1.54) is 18.5 Å². The summed E-state index contributed by atoms with van der Waals surface area (Å²) in [6.07, 6.45) is 4.17. The van der Waals surface area contributed by atoms with Crippen LogP contribution in [0.25, 0.3) is 22.3 Å². The third-order valence-corrected chi connectivity index (χ3v) is 7.02. The minimum atomic E-state index is -0.719. The first-order valence-electron chi connectivity index (χ1n) is 13.3. The number of nitrogens with two attached hydrogens (primary N) is 1. The number of aliphatic hydroxyl groups excluding tert-OH is 1. The van der Waals surface area contributed by atoms with Gasteiger partial charge >= 0.3 is 0 Å². The molecule has 0 saturated carbocycles. The van der Waals surface area contributed by atoms with Gasteiger partial charge in [0, 0.05) is 30.1 Å². The quantitative estimate of drug-likeness (QED) is 0.248. The van der Waals surface area contributed by atoms with Crippen LogP contribution in [0, 0.1) is 22.6 Å². The Hall–Kier alpha value is -4.82. The highest BCUT2D eigenvalue weighted by atomic mass is 19.1. The number of piperidine rings is 1. The molecule has 210 valence electrons. The zero-order valence-corrected chi connectivity index (χ0v) is 22.8. The predicted octanol–water partition coefficient (Wildman–Crippen LogP) is 4.64. The van der Waals surface area contributed by atoms with E-state index in [-0.39, 0.29) is 41.8 Å². The molecular formula is C30H30FN7O3. The van der Waals surface area contributed by atoms with Crippen LogP contribution in [0.5, 0.6) is 11.5 Å². The number of hydrogen-bond acceptors (Lipinski definition) is 8. The number of likely N-dealkylation sites (tertiary alicyclic amines) is 1. The summed E-state index contributed by atoms with van der Waals surface area (Å²) < 4.78 is 22.9. The summed E-state index contributed by atoms with van der Waals surface area (Å²) in [5, 5.41) is 24.4. The van der Waals surface area contributed by atoms with Crippen LogP contribution in [-0.4, -0.2) is 55.4 Å². The van der Waals surface area contributed by atoms with Crippen molar-refractivity contribution < 1.29 is 19.0 Å². The van der Waals surface area contributed by atoms with Crippen molar-refractivity contribution in [2.24, 2.45) is 5.41 Å². The molecule has 0 unspecified atom stereocenters. The molecule has 11 heteroatoms. The smallest absolute Gasteiger partial charge is 0.264 e.